The molecular formula is C20H21NO3. The molecule has 2 heterocycles. The van der Waals surface area contributed by atoms with Crippen molar-refractivity contribution in [2.75, 3.05) is 13.1 Å². The highest BCUT2D eigenvalue weighted by molar-refractivity contribution is 6.08. The van der Waals surface area contributed by atoms with Gasteiger partial charge >= 0.3 is 0 Å². The average Bonchev–Trinajstić information content (AvgIpc) is 2.91. The van der Waals surface area contributed by atoms with E-state index in [2.05, 4.69) is 12.1 Å². The van der Waals surface area contributed by atoms with Gasteiger partial charge in [-0.05, 0) is 26.2 Å². The summed E-state index contributed by atoms with van der Waals surface area (Å²) >= 11 is 0. The standard InChI is InChI=1S/C20H21NO3/c1-12-10-21(11-13(2)23-12)20(22)18-14(3)16-9-8-15-6-4-5-7-17(15)19(16)24-18/h4-9,12-13H,10-11H2,1-3H3/t12-,13-/m0/s1. The second-order valence-electron chi connectivity index (χ2n) is 6.69. The van der Waals surface area contributed by atoms with Crippen molar-refractivity contribution >= 4 is 27.6 Å². The molecule has 0 bridgehead atoms. The number of hydrogen-bond acceptors (Lipinski definition) is 3. The highest BCUT2D eigenvalue weighted by Gasteiger charge is 2.30. The average molecular weight is 323 g/mol. The van der Waals surface area contributed by atoms with Gasteiger partial charge in [0.25, 0.3) is 5.91 Å². The minimum atomic E-state index is -0.0465. The minimum Gasteiger partial charge on any atom is -0.450 e. The van der Waals surface area contributed by atoms with E-state index in [1.165, 1.54) is 0 Å². The van der Waals surface area contributed by atoms with Gasteiger partial charge in [-0.25, -0.2) is 0 Å². The largest absolute Gasteiger partial charge is 0.450 e. The van der Waals surface area contributed by atoms with Gasteiger partial charge in [-0.3, -0.25) is 4.79 Å². The van der Waals surface area contributed by atoms with Crippen LogP contribution in [0.4, 0.5) is 0 Å². The number of carbonyl (C=O) groups is 1. The predicted octanol–water partition coefficient (Wildman–Crippen LogP) is 4.14. The molecule has 0 spiro atoms. The Morgan fingerprint density at radius 1 is 1.04 bits per heavy atom. The molecule has 1 amide bonds. The molecule has 0 unspecified atom stereocenters. The van der Waals surface area contributed by atoms with E-state index in [1.807, 2.05) is 49.9 Å². The molecule has 0 N–H and O–H groups in total. The first-order chi connectivity index (χ1) is 11.5. The summed E-state index contributed by atoms with van der Waals surface area (Å²) in [5.74, 6) is 0.400. The highest BCUT2D eigenvalue weighted by Crippen LogP contribution is 2.32. The number of furan rings is 1. The van der Waals surface area contributed by atoms with Crippen LogP contribution in [0.2, 0.25) is 0 Å². The first kappa shape index (κ1) is 15.2. The molecule has 1 aliphatic heterocycles. The molecule has 4 heteroatoms. The van der Waals surface area contributed by atoms with Gasteiger partial charge in [0.15, 0.2) is 5.76 Å². The molecule has 1 saturated heterocycles. The minimum absolute atomic E-state index is 0.0446. The van der Waals surface area contributed by atoms with Gasteiger partial charge in [0.2, 0.25) is 0 Å². The second kappa shape index (κ2) is 5.64. The summed E-state index contributed by atoms with van der Waals surface area (Å²) in [4.78, 5) is 14.8. The zero-order valence-corrected chi connectivity index (χ0v) is 14.2. The second-order valence-corrected chi connectivity index (χ2v) is 6.69. The van der Waals surface area contributed by atoms with Crippen LogP contribution in [0.5, 0.6) is 0 Å². The molecule has 0 saturated carbocycles. The lowest BCUT2D eigenvalue weighted by atomic mass is 10.1. The maximum atomic E-state index is 13.0. The number of rotatable bonds is 1. The third-order valence-corrected chi connectivity index (χ3v) is 4.73. The third kappa shape index (κ3) is 2.38. The Labute approximate surface area is 141 Å². The Kier molecular flexibility index (Phi) is 3.57. The molecule has 4 rings (SSSR count). The van der Waals surface area contributed by atoms with E-state index in [9.17, 15) is 4.79 Å². The van der Waals surface area contributed by atoms with Gasteiger partial charge in [0, 0.05) is 29.4 Å². The van der Waals surface area contributed by atoms with Gasteiger partial charge in [-0.2, -0.15) is 0 Å². The van der Waals surface area contributed by atoms with E-state index in [0.29, 0.717) is 18.8 Å². The Balaban J connectivity index is 1.80. The van der Waals surface area contributed by atoms with Crippen molar-refractivity contribution in [2.24, 2.45) is 0 Å². The Bertz CT molecular complexity index is 917. The fourth-order valence-corrected chi connectivity index (χ4v) is 3.64. The summed E-state index contributed by atoms with van der Waals surface area (Å²) in [5.41, 5.74) is 1.70. The van der Waals surface area contributed by atoms with Crippen LogP contribution >= 0.6 is 0 Å². The number of morpholine rings is 1. The molecule has 2 atom stereocenters. The van der Waals surface area contributed by atoms with Crippen LogP contribution in [0.15, 0.2) is 40.8 Å². The normalized spacial score (nSPS) is 21.5. The van der Waals surface area contributed by atoms with Crippen LogP contribution in [-0.2, 0) is 4.74 Å². The fourth-order valence-electron chi connectivity index (χ4n) is 3.64. The van der Waals surface area contributed by atoms with Crippen molar-refractivity contribution in [1.29, 1.82) is 0 Å². The number of aryl methyl sites for hydroxylation is 1. The molecule has 24 heavy (non-hydrogen) atoms. The number of fused-ring (bicyclic) bond motifs is 3. The monoisotopic (exact) mass is 323 g/mol. The van der Waals surface area contributed by atoms with E-state index in [0.717, 1.165) is 27.3 Å². The van der Waals surface area contributed by atoms with E-state index in [1.54, 1.807) is 0 Å². The molecule has 1 aliphatic rings. The van der Waals surface area contributed by atoms with Crippen molar-refractivity contribution in [2.45, 2.75) is 33.0 Å². The molecule has 1 fully saturated rings. The van der Waals surface area contributed by atoms with E-state index < -0.39 is 0 Å². The topological polar surface area (TPSA) is 42.7 Å². The van der Waals surface area contributed by atoms with Gasteiger partial charge < -0.3 is 14.1 Å². The summed E-state index contributed by atoms with van der Waals surface area (Å²) in [5, 5.41) is 3.17. The van der Waals surface area contributed by atoms with Gasteiger partial charge in [0.1, 0.15) is 5.58 Å². The van der Waals surface area contributed by atoms with Crippen LogP contribution in [0.25, 0.3) is 21.7 Å². The third-order valence-electron chi connectivity index (χ3n) is 4.73. The summed E-state index contributed by atoms with van der Waals surface area (Å²) in [6.45, 7) is 7.14. The summed E-state index contributed by atoms with van der Waals surface area (Å²) in [6.07, 6.45) is 0.0893. The van der Waals surface area contributed by atoms with Crippen molar-refractivity contribution in [3.05, 3.63) is 47.7 Å². The van der Waals surface area contributed by atoms with E-state index in [4.69, 9.17) is 9.15 Å². The first-order valence-corrected chi connectivity index (χ1v) is 8.40. The molecule has 0 aliphatic carbocycles. The zero-order valence-electron chi connectivity index (χ0n) is 14.2. The molecular weight excluding hydrogens is 302 g/mol. The van der Waals surface area contributed by atoms with E-state index >= 15 is 0 Å². The predicted molar refractivity (Wildman–Crippen MR) is 94.4 cm³/mol. The molecule has 2 aromatic carbocycles. The number of carbonyl (C=O) groups excluding carboxylic acids is 1. The van der Waals surface area contributed by atoms with Crippen LogP contribution in [0, 0.1) is 6.92 Å². The van der Waals surface area contributed by atoms with Gasteiger partial charge in [-0.1, -0.05) is 36.4 Å². The van der Waals surface area contributed by atoms with Crippen LogP contribution in [-0.4, -0.2) is 36.1 Å². The Hall–Kier alpha value is -2.33. The number of nitrogens with zero attached hydrogens (tertiary/aromatic N) is 1. The summed E-state index contributed by atoms with van der Waals surface area (Å²) in [7, 11) is 0. The maximum Gasteiger partial charge on any atom is 0.290 e. The zero-order chi connectivity index (χ0) is 16.8. The fraction of sp³-hybridized carbons (Fsp3) is 0.350. The SMILES string of the molecule is Cc1c(C(=O)N2C[C@H](C)O[C@@H](C)C2)oc2c1ccc1ccccc12. The summed E-state index contributed by atoms with van der Waals surface area (Å²) < 4.78 is 11.8. The lowest BCUT2D eigenvalue weighted by Gasteiger charge is -2.34. The molecule has 124 valence electrons. The van der Waals surface area contributed by atoms with Crippen LogP contribution < -0.4 is 0 Å². The molecule has 3 aromatic rings. The number of benzene rings is 2. The number of amides is 1. The first-order valence-electron chi connectivity index (χ1n) is 8.40. The van der Waals surface area contributed by atoms with Crippen molar-refractivity contribution in [3.63, 3.8) is 0 Å². The molecule has 1 aromatic heterocycles. The maximum absolute atomic E-state index is 13.0. The lowest BCUT2D eigenvalue weighted by Crippen LogP contribution is -2.48. The van der Waals surface area contributed by atoms with Crippen LogP contribution in [0.1, 0.15) is 30.0 Å². The quantitative estimate of drug-likeness (QED) is 0.676. The van der Waals surface area contributed by atoms with Crippen LogP contribution in [0.3, 0.4) is 0 Å². The Morgan fingerprint density at radius 3 is 2.50 bits per heavy atom. The van der Waals surface area contributed by atoms with Crippen molar-refractivity contribution in [1.82, 2.24) is 4.90 Å². The molecule has 0 radical (unpaired) electrons. The van der Waals surface area contributed by atoms with Gasteiger partial charge in [-0.15, -0.1) is 0 Å². The summed E-state index contributed by atoms with van der Waals surface area (Å²) in [6, 6.07) is 12.2. The van der Waals surface area contributed by atoms with Crippen molar-refractivity contribution < 1.29 is 13.9 Å². The molecule has 4 nitrogen and oxygen atoms in total. The number of ether oxygens (including phenoxy) is 1. The lowest BCUT2D eigenvalue weighted by molar-refractivity contribution is -0.0592. The van der Waals surface area contributed by atoms with Gasteiger partial charge in [0.05, 0.1) is 12.2 Å². The van der Waals surface area contributed by atoms with E-state index in [-0.39, 0.29) is 18.1 Å². The smallest absolute Gasteiger partial charge is 0.290 e. The Morgan fingerprint density at radius 2 is 1.75 bits per heavy atom. The highest BCUT2D eigenvalue weighted by atomic mass is 16.5. The number of hydrogen-bond donors (Lipinski definition) is 0. The van der Waals surface area contributed by atoms with Crippen molar-refractivity contribution in [3.8, 4) is 0 Å².